The normalized spacial score (nSPS) is 14.2. The average molecular weight is 254 g/mol. The fourth-order valence-corrected chi connectivity index (χ4v) is 1.82. The zero-order valence-corrected chi connectivity index (χ0v) is 10.6. The highest BCUT2D eigenvalue weighted by Crippen LogP contribution is 2.37. The van der Waals surface area contributed by atoms with Crippen molar-refractivity contribution in [3.8, 4) is 0 Å². The Morgan fingerprint density at radius 3 is 2.63 bits per heavy atom. The van der Waals surface area contributed by atoms with E-state index >= 15 is 0 Å². The van der Waals surface area contributed by atoms with Gasteiger partial charge in [-0.05, 0) is 31.9 Å². The Hall–Kier alpha value is -2.30. The lowest BCUT2D eigenvalue weighted by Gasteiger charge is -2.07. The van der Waals surface area contributed by atoms with Gasteiger partial charge in [-0.15, -0.1) is 0 Å². The molecule has 2 aromatic heterocycles. The lowest BCUT2D eigenvalue weighted by Crippen LogP contribution is -2.14. The SMILES string of the molecule is Cc1ncccc1NC(=O)c1cnc(C2CC2)nc1. The van der Waals surface area contributed by atoms with Crippen LogP contribution in [-0.2, 0) is 0 Å². The van der Waals surface area contributed by atoms with E-state index in [-0.39, 0.29) is 5.91 Å². The van der Waals surface area contributed by atoms with Crippen LogP contribution in [0.15, 0.2) is 30.7 Å². The van der Waals surface area contributed by atoms with E-state index in [1.54, 1.807) is 24.7 Å². The van der Waals surface area contributed by atoms with Crippen molar-refractivity contribution in [2.45, 2.75) is 25.7 Å². The molecule has 0 atom stereocenters. The second-order valence-corrected chi connectivity index (χ2v) is 4.69. The molecule has 19 heavy (non-hydrogen) atoms. The minimum Gasteiger partial charge on any atom is -0.320 e. The third-order valence-corrected chi connectivity index (χ3v) is 3.13. The third kappa shape index (κ3) is 2.59. The molecule has 0 unspecified atom stereocenters. The van der Waals surface area contributed by atoms with Crippen LogP contribution in [0.5, 0.6) is 0 Å². The highest BCUT2D eigenvalue weighted by Gasteiger charge is 2.26. The fourth-order valence-electron chi connectivity index (χ4n) is 1.82. The zero-order chi connectivity index (χ0) is 13.2. The van der Waals surface area contributed by atoms with Crippen LogP contribution in [0.3, 0.4) is 0 Å². The van der Waals surface area contributed by atoms with Crippen molar-refractivity contribution < 1.29 is 4.79 Å². The van der Waals surface area contributed by atoms with Crippen molar-refractivity contribution in [2.75, 3.05) is 5.32 Å². The first-order valence-corrected chi connectivity index (χ1v) is 6.29. The van der Waals surface area contributed by atoms with Gasteiger partial charge in [0.15, 0.2) is 0 Å². The minimum absolute atomic E-state index is 0.210. The van der Waals surface area contributed by atoms with Gasteiger partial charge in [-0.25, -0.2) is 9.97 Å². The lowest BCUT2D eigenvalue weighted by atomic mass is 10.2. The Morgan fingerprint density at radius 2 is 2.00 bits per heavy atom. The number of aromatic nitrogens is 3. The molecule has 5 nitrogen and oxygen atoms in total. The van der Waals surface area contributed by atoms with Gasteiger partial charge in [-0.2, -0.15) is 0 Å². The summed E-state index contributed by atoms with van der Waals surface area (Å²) >= 11 is 0. The number of hydrogen-bond acceptors (Lipinski definition) is 4. The summed E-state index contributed by atoms with van der Waals surface area (Å²) in [7, 11) is 0. The van der Waals surface area contributed by atoms with E-state index in [1.807, 2.05) is 13.0 Å². The van der Waals surface area contributed by atoms with Crippen LogP contribution in [0, 0.1) is 6.92 Å². The molecule has 0 radical (unpaired) electrons. The number of anilines is 1. The number of amides is 1. The highest BCUT2D eigenvalue weighted by molar-refractivity contribution is 6.04. The molecule has 1 fully saturated rings. The summed E-state index contributed by atoms with van der Waals surface area (Å²) in [6.07, 6.45) is 7.17. The lowest BCUT2D eigenvalue weighted by molar-refractivity contribution is 0.102. The number of rotatable bonds is 3. The predicted octanol–water partition coefficient (Wildman–Crippen LogP) is 2.31. The van der Waals surface area contributed by atoms with Gasteiger partial charge in [0.1, 0.15) is 5.82 Å². The summed E-state index contributed by atoms with van der Waals surface area (Å²) in [6, 6.07) is 3.61. The molecular formula is C14H14N4O. The van der Waals surface area contributed by atoms with Gasteiger partial charge in [0.2, 0.25) is 0 Å². The predicted molar refractivity (Wildman–Crippen MR) is 70.9 cm³/mol. The number of pyridine rings is 1. The van der Waals surface area contributed by atoms with Crippen molar-refractivity contribution in [1.82, 2.24) is 15.0 Å². The number of carbonyl (C=O) groups is 1. The van der Waals surface area contributed by atoms with Gasteiger partial charge in [0.25, 0.3) is 5.91 Å². The van der Waals surface area contributed by atoms with Crippen LogP contribution in [0.1, 0.15) is 40.6 Å². The van der Waals surface area contributed by atoms with Crippen LogP contribution in [0.25, 0.3) is 0 Å². The molecule has 0 spiro atoms. The Balaban J connectivity index is 1.74. The van der Waals surface area contributed by atoms with Crippen molar-refractivity contribution in [3.63, 3.8) is 0 Å². The van der Waals surface area contributed by atoms with Gasteiger partial charge >= 0.3 is 0 Å². The first-order valence-electron chi connectivity index (χ1n) is 6.29. The monoisotopic (exact) mass is 254 g/mol. The molecule has 1 saturated carbocycles. The van der Waals surface area contributed by atoms with E-state index in [4.69, 9.17) is 0 Å². The summed E-state index contributed by atoms with van der Waals surface area (Å²) in [5.41, 5.74) is 1.96. The summed E-state index contributed by atoms with van der Waals surface area (Å²) < 4.78 is 0. The average Bonchev–Trinajstić information content (AvgIpc) is 3.26. The molecule has 0 saturated heterocycles. The number of aryl methyl sites for hydroxylation is 1. The smallest absolute Gasteiger partial charge is 0.258 e. The summed E-state index contributed by atoms with van der Waals surface area (Å²) in [4.78, 5) is 24.6. The molecular weight excluding hydrogens is 240 g/mol. The van der Waals surface area contributed by atoms with Gasteiger partial charge in [0, 0.05) is 24.5 Å². The molecule has 2 aromatic rings. The molecule has 0 aromatic carbocycles. The molecule has 3 rings (SSSR count). The Labute approximate surface area is 111 Å². The van der Waals surface area contributed by atoms with E-state index < -0.39 is 0 Å². The quantitative estimate of drug-likeness (QED) is 0.912. The van der Waals surface area contributed by atoms with Crippen LogP contribution in [0.2, 0.25) is 0 Å². The van der Waals surface area contributed by atoms with Gasteiger partial charge < -0.3 is 5.32 Å². The molecule has 1 aliphatic rings. The van der Waals surface area contributed by atoms with E-state index in [9.17, 15) is 4.79 Å². The maximum absolute atomic E-state index is 12.0. The molecule has 1 N–H and O–H groups in total. The summed E-state index contributed by atoms with van der Waals surface area (Å²) in [6.45, 7) is 1.85. The largest absolute Gasteiger partial charge is 0.320 e. The van der Waals surface area contributed by atoms with Crippen molar-refractivity contribution in [1.29, 1.82) is 0 Å². The summed E-state index contributed by atoms with van der Waals surface area (Å²) in [5.74, 6) is 1.13. The third-order valence-electron chi connectivity index (χ3n) is 3.13. The number of hydrogen-bond donors (Lipinski definition) is 1. The zero-order valence-electron chi connectivity index (χ0n) is 10.6. The van der Waals surface area contributed by atoms with Crippen molar-refractivity contribution >= 4 is 11.6 Å². The van der Waals surface area contributed by atoms with Gasteiger partial charge in [0.05, 0.1) is 16.9 Å². The number of nitrogens with one attached hydrogen (secondary N) is 1. The van der Waals surface area contributed by atoms with E-state index in [2.05, 4.69) is 20.3 Å². The van der Waals surface area contributed by atoms with Crippen LogP contribution in [-0.4, -0.2) is 20.9 Å². The topological polar surface area (TPSA) is 67.8 Å². The van der Waals surface area contributed by atoms with Crippen LogP contribution < -0.4 is 5.32 Å². The first-order chi connectivity index (χ1) is 9.24. The Bertz CT molecular complexity index is 605. The molecule has 5 heteroatoms. The molecule has 2 heterocycles. The van der Waals surface area contributed by atoms with Crippen LogP contribution >= 0.6 is 0 Å². The molecule has 96 valence electrons. The van der Waals surface area contributed by atoms with Gasteiger partial charge in [-0.3, -0.25) is 9.78 Å². The van der Waals surface area contributed by atoms with Crippen molar-refractivity contribution in [3.05, 3.63) is 47.8 Å². The maximum Gasteiger partial charge on any atom is 0.258 e. The highest BCUT2D eigenvalue weighted by atomic mass is 16.1. The number of carbonyl (C=O) groups excluding carboxylic acids is 1. The molecule has 1 aliphatic carbocycles. The second-order valence-electron chi connectivity index (χ2n) is 4.69. The van der Waals surface area contributed by atoms with E-state index in [1.165, 1.54) is 0 Å². The van der Waals surface area contributed by atoms with E-state index in [0.717, 1.165) is 24.4 Å². The minimum atomic E-state index is -0.210. The first kappa shape index (κ1) is 11.8. The maximum atomic E-state index is 12.0. The van der Waals surface area contributed by atoms with E-state index in [0.29, 0.717) is 17.2 Å². The van der Waals surface area contributed by atoms with Gasteiger partial charge in [-0.1, -0.05) is 0 Å². The summed E-state index contributed by atoms with van der Waals surface area (Å²) in [5, 5.41) is 2.81. The Morgan fingerprint density at radius 1 is 1.26 bits per heavy atom. The fraction of sp³-hybridized carbons (Fsp3) is 0.286. The number of nitrogens with zero attached hydrogens (tertiary/aromatic N) is 3. The second kappa shape index (κ2) is 4.76. The molecule has 0 bridgehead atoms. The standard InChI is InChI=1S/C14H14N4O/c1-9-12(3-2-6-15-9)18-14(19)11-7-16-13(17-8-11)10-4-5-10/h2-3,6-8,10H,4-5H2,1H3,(H,18,19). The van der Waals surface area contributed by atoms with Crippen LogP contribution in [0.4, 0.5) is 5.69 Å². The molecule has 0 aliphatic heterocycles. The van der Waals surface area contributed by atoms with Crippen molar-refractivity contribution in [2.24, 2.45) is 0 Å². The molecule has 1 amide bonds. The Kier molecular flexibility index (Phi) is 2.95.